The molecule has 12 atom stereocenters. The quantitative estimate of drug-likeness (QED) is 0.0259. The molecular weight excluding hydrogens is 895 g/mol. The van der Waals surface area contributed by atoms with Crippen LogP contribution in [0.2, 0.25) is 0 Å². The lowest BCUT2D eigenvalue weighted by atomic mass is 9.97. The van der Waals surface area contributed by atoms with E-state index in [0.29, 0.717) is 12.8 Å². The van der Waals surface area contributed by atoms with Crippen LogP contribution in [0, 0.1) is 0 Å². The van der Waals surface area contributed by atoms with Crippen molar-refractivity contribution < 1.29 is 64.6 Å². The summed E-state index contributed by atoms with van der Waals surface area (Å²) < 4.78 is 22.8. The molecule has 416 valence electrons. The van der Waals surface area contributed by atoms with Gasteiger partial charge in [-0.05, 0) is 12.8 Å². The second kappa shape index (κ2) is 43.3. The zero-order valence-corrected chi connectivity index (χ0v) is 44.5. The van der Waals surface area contributed by atoms with E-state index in [9.17, 15) is 45.6 Å². The molecule has 9 N–H and O–H groups in total. The van der Waals surface area contributed by atoms with Crippen molar-refractivity contribution in [2.24, 2.45) is 0 Å². The average Bonchev–Trinajstić information content (AvgIpc) is 3.36. The minimum atomic E-state index is -1.78. The highest BCUT2D eigenvalue weighted by molar-refractivity contribution is 5.76. The smallest absolute Gasteiger partial charge is 0.220 e. The Morgan fingerprint density at radius 3 is 1.21 bits per heavy atom. The van der Waals surface area contributed by atoms with E-state index in [-0.39, 0.29) is 12.5 Å². The van der Waals surface area contributed by atoms with Gasteiger partial charge in [0.2, 0.25) is 5.91 Å². The lowest BCUT2D eigenvalue weighted by molar-refractivity contribution is -0.359. The van der Waals surface area contributed by atoms with Crippen LogP contribution in [0.3, 0.4) is 0 Å². The number of nitrogens with one attached hydrogen (secondary N) is 1. The van der Waals surface area contributed by atoms with Crippen molar-refractivity contribution in [3.05, 3.63) is 0 Å². The van der Waals surface area contributed by atoms with Gasteiger partial charge < -0.3 is 65.1 Å². The van der Waals surface area contributed by atoms with Crippen molar-refractivity contribution in [1.82, 2.24) is 5.32 Å². The number of amides is 1. The van der Waals surface area contributed by atoms with Crippen molar-refractivity contribution in [1.29, 1.82) is 0 Å². The lowest BCUT2D eigenvalue weighted by Crippen LogP contribution is -2.65. The maximum atomic E-state index is 13.1. The summed E-state index contributed by atoms with van der Waals surface area (Å²) >= 11 is 0. The van der Waals surface area contributed by atoms with Crippen molar-refractivity contribution in [3.63, 3.8) is 0 Å². The third-order valence-corrected chi connectivity index (χ3v) is 14.8. The Morgan fingerprint density at radius 2 is 0.814 bits per heavy atom. The van der Waals surface area contributed by atoms with E-state index in [1.54, 1.807) is 0 Å². The summed E-state index contributed by atoms with van der Waals surface area (Å²) in [6.45, 7) is 2.86. The van der Waals surface area contributed by atoms with Crippen LogP contribution in [0.15, 0.2) is 0 Å². The minimum absolute atomic E-state index is 0.206. The Morgan fingerprint density at radius 1 is 0.457 bits per heavy atom. The van der Waals surface area contributed by atoms with Gasteiger partial charge in [-0.1, -0.05) is 239 Å². The van der Waals surface area contributed by atoms with Gasteiger partial charge in [0.15, 0.2) is 12.6 Å². The maximum Gasteiger partial charge on any atom is 0.220 e. The first kappa shape index (κ1) is 65.1. The van der Waals surface area contributed by atoms with Gasteiger partial charge in [0.05, 0.1) is 32.0 Å². The molecule has 1 amide bonds. The van der Waals surface area contributed by atoms with Crippen molar-refractivity contribution in [3.8, 4) is 0 Å². The fraction of sp³-hybridized carbons (Fsp3) is 0.982. The highest BCUT2D eigenvalue weighted by atomic mass is 16.7. The number of aliphatic hydroxyl groups is 8. The van der Waals surface area contributed by atoms with E-state index in [4.69, 9.17) is 18.9 Å². The zero-order valence-electron chi connectivity index (χ0n) is 44.5. The van der Waals surface area contributed by atoms with Crippen LogP contribution >= 0.6 is 0 Å². The first-order chi connectivity index (χ1) is 34.1. The van der Waals surface area contributed by atoms with Crippen LogP contribution in [-0.2, 0) is 23.7 Å². The first-order valence-corrected chi connectivity index (χ1v) is 29.3. The van der Waals surface area contributed by atoms with Crippen LogP contribution in [0.25, 0.3) is 0 Å². The second-order valence-corrected chi connectivity index (χ2v) is 21.1. The number of ether oxygens (including phenoxy) is 4. The van der Waals surface area contributed by atoms with Gasteiger partial charge in [-0.25, -0.2) is 0 Å². The predicted molar refractivity (Wildman–Crippen MR) is 277 cm³/mol. The van der Waals surface area contributed by atoms with E-state index < -0.39 is 86.8 Å². The molecule has 2 aliphatic rings. The number of unbranched alkanes of at least 4 members (excludes halogenated alkanes) is 34. The van der Waals surface area contributed by atoms with E-state index >= 15 is 0 Å². The molecule has 14 nitrogen and oxygen atoms in total. The van der Waals surface area contributed by atoms with E-state index in [0.717, 1.165) is 51.4 Å². The largest absolute Gasteiger partial charge is 0.394 e. The number of carbonyl (C=O) groups is 1. The number of hydrogen-bond acceptors (Lipinski definition) is 13. The molecule has 2 heterocycles. The van der Waals surface area contributed by atoms with Gasteiger partial charge in [0.1, 0.15) is 48.8 Å². The molecule has 0 aromatic heterocycles. The molecule has 0 aliphatic carbocycles. The molecule has 0 bridgehead atoms. The normalized spacial score (nSPS) is 25.9. The zero-order chi connectivity index (χ0) is 51.0. The van der Waals surface area contributed by atoms with E-state index in [1.807, 2.05) is 0 Å². The van der Waals surface area contributed by atoms with E-state index in [1.165, 1.54) is 180 Å². The van der Waals surface area contributed by atoms with Gasteiger partial charge in [0, 0.05) is 6.42 Å². The van der Waals surface area contributed by atoms with Crippen molar-refractivity contribution in [2.45, 2.75) is 331 Å². The van der Waals surface area contributed by atoms with Crippen molar-refractivity contribution in [2.75, 3.05) is 19.8 Å². The Bertz CT molecular complexity index is 1180. The SMILES string of the molecule is CCCCCCCCCCCCCCCCCCCCCCCCCCCCCC(O)C(COC1OC(CO)C(OC2OC(CO)C(O)C(O)C2O)C(O)C1O)NC(=O)CCCCCCCCCCC. The molecule has 12 unspecified atom stereocenters. The molecule has 0 aromatic carbocycles. The molecule has 0 saturated carbocycles. The summed E-state index contributed by atoms with van der Waals surface area (Å²) in [6.07, 6.45) is 29.9. The fourth-order valence-corrected chi connectivity index (χ4v) is 10.1. The Balaban J connectivity index is 1.66. The molecule has 70 heavy (non-hydrogen) atoms. The topological polar surface area (TPSA) is 228 Å². The Labute approximate surface area is 425 Å². The van der Waals surface area contributed by atoms with Gasteiger partial charge in [0.25, 0.3) is 0 Å². The molecular formula is C56H109NO13. The van der Waals surface area contributed by atoms with E-state index in [2.05, 4.69) is 19.2 Å². The van der Waals surface area contributed by atoms with Gasteiger partial charge in [-0.3, -0.25) is 4.79 Å². The fourth-order valence-electron chi connectivity index (χ4n) is 10.1. The van der Waals surface area contributed by atoms with Gasteiger partial charge in [-0.15, -0.1) is 0 Å². The Kier molecular flexibility index (Phi) is 40.2. The number of carbonyl (C=O) groups excluding carboxylic acids is 1. The summed E-state index contributed by atoms with van der Waals surface area (Å²) in [7, 11) is 0. The highest BCUT2D eigenvalue weighted by Crippen LogP contribution is 2.30. The molecule has 0 aromatic rings. The molecule has 0 radical (unpaired) electrons. The number of aliphatic hydroxyl groups excluding tert-OH is 8. The highest BCUT2D eigenvalue weighted by Gasteiger charge is 2.51. The van der Waals surface area contributed by atoms with Crippen LogP contribution in [-0.4, -0.2) is 140 Å². The second-order valence-electron chi connectivity index (χ2n) is 21.1. The van der Waals surface area contributed by atoms with Gasteiger partial charge in [-0.2, -0.15) is 0 Å². The maximum absolute atomic E-state index is 13.1. The molecule has 2 aliphatic heterocycles. The third-order valence-electron chi connectivity index (χ3n) is 14.8. The lowest BCUT2D eigenvalue weighted by Gasteiger charge is -2.46. The molecule has 2 saturated heterocycles. The van der Waals surface area contributed by atoms with Crippen molar-refractivity contribution >= 4 is 5.91 Å². The van der Waals surface area contributed by atoms with Crippen LogP contribution in [0.5, 0.6) is 0 Å². The van der Waals surface area contributed by atoms with Crippen LogP contribution in [0.4, 0.5) is 0 Å². The van der Waals surface area contributed by atoms with Gasteiger partial charge >= 0.3 is 0 Å². The van der Waals surface area contributed by atoms with Crippen LogP contribution in [0.1, 0.15) is 258 Å². The summed E-state index contributed by atoms with van der Waals surface area (Å²) in [6, 6.07) is -0.821. The summed E-state index contributed by atoms with van der Waals surface area (Å²) in [5.41, 5.74) is 0. The molecule has 2 rings (SSSR count). The molecule has 14 heteroatoms. The average molecular weight is 1000 g/mol. The predicted octanol–water partition coefficient (Wildman–Crippen LogP) is 9.34. The summed E-state index contributed by atoms with van der Waals surface area (Å²) in [5, 5.41) is 87.0. The minimum Gasteiger partial charge on any atom is -0.394 e. The number of rotatable bonds is 47. The monoisotopic (exact) mass is 1000 g/mol. The Hall–Kier alpha value is -1.01. The molecule has 0 spiro atoms. The standard InChI is InChI=1S/C56H109NO13/c1-3-5-7-9-11-13-14-15-16-17-18-19-20-21-22-23-24-25-26-27-28-29-30-32-33-35-37-39-45(60)44(57-48(61)40-38-36-34-31-12-10-8-6-4-2)43-67-55-53(66)51(64)54(47(42-59)69-55)70-56-52(65)50(63)49(62)46(41-58)68-56/h44-47,49-56,58-60,62-66H,3-43H2,1-2H3,(H,57,61). The summed E-state index contributed by atoms with van der Waals surface area (Å²) in [5.74, 6) is -0.206. The third kappa shape index (κ3) is 29.2. The number of hydrogen-bond donors (Lipinski definition) is 9. The van der Waals surface area contributed by atoms with Crippen LogP contribution < -0.4 is 5.32 Å². The molecule has 2 fully saturated rings. The summed E-state index contributed by atoms with van der Waals surface area (Å²) in [4.78, 5) is 13.1. The first-order valence-electron chi connectivity index (χ1n) is 29.3.